The monoisotopic (exact) mass is 351 g/mol. The Hall–Kier alpha value is -0.830. The predicted molar refractivity (Wildman–Crippen MR) is 90.5 cm³/mol. The van der Waals surface area contributed by atoms with Gasteiger partial charge in [-0.25, -0.2) is 0 Å². The Morgan fingerprint density at radius 1 is 1.10 bits per heavy atom. The van der Waals surface area contributed by atoms with E-state index in [1.165, 1.54) is 15.6 Å². The zero-order valence-electron chi connectivity index (χ0n) is 11.6. The number of benzene rings is 2. The van der Waals surface area contributed by atoms with E-state index >= 15 is 0 Å². The van der Waals surface area contributed by atoms with Gasteiger partial charge in [-0.15, -0.1) is 0 Å². The fourth-order valence-corrected chi connectivity index (χ4v) is 3.04. The summed E-state index contributed by atoms with van der Waals surface area (Å²) in [5.41, 5.74) is 2.61. The zero-order valence-corrected chi connectivity index (χ0v) is 13.9. The minimum Gasteiger partial charge on any atom is -0.314 e. The van der Waals surface area contributed by atoms with Gasteiger partial charge in [-0.1, -0.05) is 64.8 Å². The molecule has 1 nitrogen and oxygen atoms in total. The molecule has 3 heteroatoms. The first kappa shape index (κ1) is 15.6. The van der Waals surface area contributed by atoms with Crippen LogP contribution in [0, 0.1) is 0 Å². The van der Waals surface area contributed by atoms with Crippen LogP contribution >= 0.6 is 27.5 Å². The van der Waals surface area contributed by atoms with Crippen molar-refractivity contribution in [3.05, 3.63) is 69.2 Å². The van der Waals surface area contributed by atoms with Gasteiger partial charge >= 0.3 is 0 Å². The van der Waals surface area contributed by atoms with Crippen molar-refractivity contribution < 1.29 is 0 Å². The lowest BCUT2D eigenvalue weighted by molar-refractivity contribution is 0.521. The second-order valence-electron chi connectivity index (χ2n) is 4.88. The van der Waals surface area contributed by atoms with Gasteiger partial charge in [0.1, 0.15) is 0 Å². The molecule has 0 aromatic heterocycles. The lowest BCUT2D eigenvalue weighted by atomic mass is 9.99. The molecule has 0 fully saturated rings. The molecule has 1 unspecified atom stereocenters. The van der Waals surface area contributed by atoms with Gasteiger partial charge in [0.15, 0.2) is 0 Å². The minimum atomic E-state index is 0.414. The number of rotatable bonds is 6. The maximum atomic E-state index is 6.06. The Kier molecular flexibility index (Phi) is 6.08. The van der Waals surface area contributed by atoms with Crippen molar-refractivity contribution >= 4 is 27.5 Å². The highest BCUT2D eigenvalue weighted by Crippen LogP contribution is 2.19. The third-order valence-corrected chi connectivity index (χ3v) is 4.30. The summed E-state index contributed by atoms with van der Waals surface area (Å²) in [7, 11) is 0. The van der Waals surface area contributed by atoms with Crippen LogP contribution < -0.4 is 5.32 Å². The smallest absolute Gasteiger partial charge is 0.0408 e. The first-order valence-corrected chi connectivity index (χ1v) is 8.07. The van der Waals surface area contributed by atoms with Crippen LogP contribution in [0.2, 0.25) is 5.02 Å². The quantitative estimate of drug-likeness (QED) is 0.782. The molecule has 0 saturated heterocycles. The molecule has 1 N–H and O–H groups in total. The van der Waals surface area contributed by atoms with E-state index in [1.54, 1.807) is 0 Å². The second-order valence-corrected chi connectivity index (χ2v) is 6.17. The highest BCUT2D eigenvalue weighted by atomic mass is 79.9. The van der Waals surface area contributed by atoms with E-state index in [2.05, 4.69) is 52.4 Å². The fraction of sp³-hybridized carbons (Fsp3) is 0.294. The van der Waals surface area contributed by atoms with Gasteiger partial charge in [0.2, 0.25) is 0 Å². The molecule has 0 spiro atoms. The van der Waals surface area contributed by atoms with Crippen molar-refractivity contribution in [2.75, 3.05) is 6.54 Å². The number of hydrogen-bond donors (Lipinski definition) is 1. The molecule has 0 radical (unpaired) electrons. The molecule has 0 aliphatic rings. The number of halogens is 2. The SMILES string of the molecule is CCNC(Cc1cccc(Cl)c1)Cc1ccccc1Br. The van der Waals surface area contributed by atoms with Gasteiger partial charge in [0.05, 0.1) is 0 Å². The largest absolute Gasteiger partial charge is 0.314 e. The number of hydrogen-bond acceptors (Lipinski definition) is 1. The Morgan fingerprint density at radius 3 is 2.60 bits per heavy atom. The second kappa shape index (κ2) is 7.82. The van der Waals surface area contributed by atoms with E-state index in [-0.39, 0.29) is 0 Å². The molecule has 20 heavy (non-hydrogen) atoms. The number of nitrogens with one attached hydrogen (secondary N) is 1. The highest BCUT2D eigenvalue weighted by Gasteiger charge is 2.11. The van der Waals surface area contributed by atoms with Crippen LogP contribution in [-0.4, -0.2) is 12.6 Å². The molecule has 1 atom stereocenters. The summed E-state index contributed by atoms with van der Waals surface area (Å²) < 4.78 is 1.17. The maximum Gasteiger partial charge on any atom is 0.0408 e. The standard InChI is InChI=1S/C17H19BrClN/c1-2-20-16(11-13-6-5-8-15(19)10-13)12-14-7-3-4-9-17(14)18/h3-10,16,20H,2,11-12H2,1H3. The van der Waals surface area contributed by atoms with Crippen LogP contribution in [0.5, 0.6) is 0 Å². The van der Waals surface area contributed by atoms with Crippen LogP contribution in [0.4, 0.5) is 0 Å². The van der Waals surface area contributed by atoms with Crippen molar-refractivity contribution in [2.24, 2.45) is 0 Å². The molecule has 0 saturated carbocycles. The molecule has 2 aromatic carbocycles. The minimum absolute atomic E-state index is 0.414. The van der Waals surface area contributed by atoms with E-state index in [1.807, 2.05) is 24.3 Å². The molecule has 0 bridgehead atoms. The van der Waals surface area contributed by atoms with Crippen molar-refractivity contribution in [1.82, 2.24) is 5.32 Å². The summed E-state index contributed by atoms with van der Waals surface area (Å²) >= 11 is 9.69. The fourth-order valence-electron chi connectivity index (χ4n) is 2.38. The van der Waals surface area contributed by atoms with Gasteiger partial charge in [-0.2, -0.15) is 0 Å². The van der Waals surface area contributed by atoms with Gasteiger partial charge in [0.25, 0.3) is 0 Å². The van der Waals surface area contributed by atoms with Crippen molar-refractivity contribution in [2.45, 2.75) is 25.8 Å². The maximum absolute atomic E-state index is 6.06. The van der Waals surface area contributed by atoms with Crippen LogP contribution in [0.15, 0.2) is 53.0 Å². The lowest BCUT2D eigenvalue weighted by Crippen LogP contribution is -2.33. The van der Waals surface area contributed by atoms with E-state index in [4.69, 9.17) is 11.6 Å². The molecule has 0 amide bonds. The highest BCUT2D eigenvalue weighted by molar-refractivity contribution is 9.10. The van der Waals surface area contributed by atoms with Crippen molar-refractivity contribution in [3.63, 3.8) is 0 Å². The Labute approximate surface area is 134 Å². The summed E-state index contributed by atoms with van der Waals surface area (Å²) in [5.74, 6) is 0. The summed E-state index contributed by atoms with van der Waals surface area (Å²) in [4.78, 5) is 0. The topological polar surface area (TPSA) is 12.0 Å². The van der Waals surface area contributed by atoms with Crippen LogP contribution in [0.1, 0.15) is 18.1 Å². The van der Waals surface area contributed by atoms with Gasteiger partial charge in [0, 0.05) is 15.5 Å². The molecular formula is C17H19BrClN. The molecule has 106 valence electrons. The summed E-state index contributed by atoms with van der Waals surface area (Å²) in [5, 5.41) is 4.37. The third kappa shape index (κ3) is 4.62. The van der Waals surface area contributed by atoms with Crippen molar-refractivity contribution in [3.8, 4) is 0 Å². The Bertz CT molecular complexity index is 556. The van der Waals surface area contributed by atoms with Crippen LogP contribution in [-0.2, 0) is 12.8 Å². The first-order valence-electron chi connectivity index (χ1n) is 6.90. The molecule has 0 aliphatic carbocycles. The molecular weight excluding hydrogens is 334 g/mol. The first-order chi connectivity index (χ1) is 9.69. The van der Waals surface area contributed by atoms with Crippen molar-refractivity contribution in [1.29, 1.82) is 0 Å². The summed E-state index contributed by atoms with van der Waals surface area (Å²) in [6, 6.07) is 16.9. The predicted octanol–water partition coefficient (Wildman–Crippen LogP) is 4.87. The van der Waals surface area contributed by atoms with Crippen LogP contribution in [0.3, 0.4) is 0 Å². The molecule has 0 aliphatic heterocycles. The van der Waals surface area contributed by atoms with Crippen LogP contribution in [0.25, 0.3) is 0 Å². The average molecular weight is 353 g/mol. The summed E-state index contributed by atoms with van der Waals surface area (Å²) in [6.07, 6.45) is 1.98. The van der Waals surface area contributed by atoms with E-state index in [0.717, 1.165) is 24.4 Å². The zero-order chi connectivity index (χ0) is 14.4. The number of likely N-dealkylation sites (N-methyl/N-ethyl adjacent to an activating group) is 1. The van der Waals surface area contributed by atoms with E-state index in [0.29, 0.717) is 6.04 Å². The molecule has 2 rings (SSSR count). The lowest BCUT2D eigenvalue weighted by Gasteiger charge is -2.19. The van der Waals surface area contributed by atoms with E-state index in [9.17, 15) is 0 Å². The third-order valence-electron chi connectivity index (χ3n) is 3.29. The van der Waals surface area contributed by atoms with Gasteiger partial charge < -0.3 is 5.32 Å². The normalized spacial score (nSPS) is 12.3. The van der Waals surface area contributed by atoms with Gasteiger partial charge in [-0.05, 0) is 48.7 Å². The summed E-state index contributed by atoms with van der Waals surface area (Å²) in [6.45, 7) is 3.11. The average Bonchev–Trinajstić information content (AvgIpc) is 2.42. The Balaban J connectivity index is 2.09. The van der Waals surface area contributed by atoms with E-state index < -0.39 is 0 Å². The Morgan fingerprint density at radius 2 is 1.90 bits per heavy atom. The van der Waals surface area contributed by atoms with Gasteiger partial charge in [-0.3, -0.25) is 0 Å². The molecule has 2 aromatic rings. The molecule has 0 heterocycles.